The number of aromatic amines is 1. The molecule has 0 fully saturated rings. The lowest BCUT2D eigenvalue weighted by Crippen LogP contribution is -2.25. The van der Waals surface area contributed by atoms with Crippen molar-refractivity contribution in [1.82, 2.24) is 4.98 Å². The third-order valence-electron chi connectivity index (χ3n) is 4.54. The van der Waals surface area contributed by atoms with Gasteiger partial charge in [-0.2, -0.15) is 5.26 Å². The Morgan fingerprint density at radius 3 is 2.77 bits per heavy atom. The molecule has 0 bridgehead atoms. The lowest BCUT2D eigenvalue weighted by atomic mass is 9.83. The van der Waals surface area contributed by atoms with Crippen LogP contribution >= 0.6 is 0 Å². The van der Waals surface area contributed by atoms with Crippen molar-refractivity contribution < 1.29 is 9.84 Å². The first-order chi connectivity index (χ1) is 12.5. The number of fused-ring (bicyclic) bond motifs is 2. The van der Waals surface area contributed by atoms with Crippen LogP contribution in [0.3, 0.4) is 0 Å². The number of phenolic OH excluding ortho intramolecular Hbond substituents is 1. The van der Waals surface area contributed by atoms with E-state index < -0.39 is 5.92 Å². The number of hydrogen-bond acceptors (Lipinski definition) is 5. The lowest BCUT2D eigenvalue weighted by Gasteiger charge is -2.26. The number of aryl methyl sites for hydroxylation is 1. The topological polar surface area (TPSA) is 112 Å². The van der Waals surface area contributed by atoms with Gasteiger partial charge in [0.25, 0.3) is 5.56 Å². The second-order valence-corrected chi connectivity index (χ2v) is 6.29. The molecule has 2 heterocycles. The molecule has 4 rings (SSSR count). The third-order valence-corrected chi connectivity index (χ3v) is 4.54. The molecule has 1 atom stereocenters. The number of nitriles is 1. The number of benzene rings is 2. The average Bonchev–Trinajstić information content (AvgIpc) is 2.60. The number of H-pyrrole nitrogens is 1. The van der Waals surface area contributed by atoms with Crippen molar-refractivity contribution in [2.24, 2.45) is 5.73 Å². The van der Waals surface area contributed by atoms with Gasteiger partial charge in [0.1, 0.15) is 23.1 Å². The van der Waals surface area contributed by atoms with Crippen LogP contribution in [0.15, 0.2) is 58.7 Å². The smallest absolute Gasteiger partial charge is 0.252 e. The van der Waals surface area contributed by atoms with Crippen LogP contribution < -0.4 is 16.0 Å². The largest absolute Gasteiger partial charge is 0.508 e. The summed E-state index contributed by atoms with van der Waals surface area (Å²) in [4.78, 5) is 15.6. The zero-order valence-corrected chi connectivity index (χ0v) is 13.9. The lowest BCUT2D eigenvalue weighted by molar-refractivity contribution is 0.388. The summed E-state index contributed by atoms with van der Waals surface area (Å²) in [6.07, 6.45) is 0. The van der Waals surface area contributed by atoms with Gasteiger partial charge in [-0.1, -0.05) is 18.2 Å². The van der Waals surface area contributed by atoms with Gasteiger partial charge < -0.3 is 20.6 Å². The first-order valence-corrected chi connectivity index (χ1v) is 8.02. The molecule has 0 aliphatic carbocycles. The molecule has 6 nitrogen and oxygen atoms in total. The number of allylic oxidation sites excluding steroid dienone is 1. The standard InChI is InChI=1S/C20H15N3O3/c1-10-2-3-11-7-14(20(25)23-16(11)6-10)18-13-5-4-12(24)8-17(13)26-19(22)15(18)9-21/h2-8,18,24H,22H2,1H3,(H,23,25). The monoisotopic (exact) mass is 345 g/mol. The van der Waals surface area contributed by atoms with Crippen LogP contribution in [0.4, 0.5) is 0 Å². The Labute approximate surface area is 148 Å². The Morgan fingerprint density at radius 1 is 1.19 bits per heavy atom. The molecule has 0 saturated heterocycles. The van der Waals surface area contributed by atoms with Crippen molar-refractivity contribution in [1.29, 1.82) is 5.26 Å². The highest BCUT2D eigenvalue weighted by Gasteiger charge is 2.32. The average molecular weight is 345 g/mol. The maximum absolute atomic E-state index is 12.8. The van der Waals surface area contributed by atoms with Gasteiger partial charge in [-0.15, -0.1) is 0 Å². The van der Waals surface area contributed by atoms with Gasteiger partial charge in [0, 0.05) is 22.7 Å². The highest BCUT2D eigenvalue weighted by atomic mass is 16.5. The van der Waals surface area contributed by atoms with E-state index in [1.165, 1.54) is 12.1 Å². The molecular weight excluding hydrogens is 330 g/mol. The summed E-state index contributed by atoms with van der Waals surface area (Å²) in [7, 11) is 0. The van der Waals surface area contributed by atoms with Gasteiger partial charge >= 0.3 is 0 Å². The SMILES string of the molecule is Cc1ccc2cc(C3C(C#N)=C(N)Oc4cc(O)ccc43)c(=O)[nH]c2c1. The molecule has 1 aliphatic rings. The molecular formula is C20H15N3O3. The highest BCUT2D eigenvalue weighted by molar-refractivity contribution is 5.80. The van der Waals surface area contributed by atoms with Gasteiger partial charge in [-0.05, 0) is 36.1 Å². The van der Waals surface area contributed by atoms with Crippen LogP contribution in [0.1, 0.15) is 22.6 Å². The van der Waals surface area contributed by atoms with Gasteiger partial charge in [-0.3, -0.25) is 4.79 Å². The fourth-order valence-corrected chi connectivity index (χ4v) is 3.31. The minimum absolute atomic E-state index is 0.0126. The fourth-order valence-electron chi connectivity index (χ4n) is 3.31. The molecule has 0 amide bonds. The highest BCUT2D eigenvalue weighted by Crippen LogP contribution is 2.42. The van der Waals surface area contributed by atoms with Crippen LogP contribution in [0.2, 0.25) is 0 Å². The van der Waals surface area contributed by atoms with Gasteiger partial charge in [-0.25, -0.2) is 0 Å². The predicted molar refractivity (Wildman–Crippen MR) is 96.7 cm³/mol. The number of hydrogen-bond donors (Lipinski definition) is 3. The fraction of sp³-hybridized carbons (Fsp3) is 0.100. The van der Waals surface area contributed by atoms with E-state index >= 15 is 0 Å². The molecule has 4 N–H and O–H groups in total. The Kier molecular flexibility index (Phi) is 3.44. The molecule has 2 aromatic carbocycles. The van der Waals surface area contributed by atoms with Crippen LogP contribution in [-0.4, -0.2) is 10.1 Å². The van der Waals surface area contributed by atoms with Crippen molar-refractivity contribution in [3.8, 4) is 17.6 Å². The Bertz CT molecular complexity index is 1190. The summed E-state index contributed by atoms with van der Waals surface area (Å²) in [6, 6.07) is 14.1. The maximum atomic E-state index is 12.8. The van der Waals surface area contributed by atoms with Gasteiger partial charge in [0.05, 0.1) is 5.92 Å². The molecule has 0 spiro atoms. The zero-order chi connectivity index (χ0) is 18.4. The van der Waals surface area contributed by atoms with E-state index in [1.54, 1.807) is 12.1 Å². The number of aromatic nitrogens is 1. The van der Waals surface area contributed by atoms with E-state index in [-0.39, 0.29) is 22.8 Å². The number of rotatable bonds is 1. The minimum Gasteiger partial charge on any atom is -0.508 e. The summed E-state index contributed by atoms with van der Waals surface area (Å²) in [5.41, 5.74) is 8.54. The normalized spacial score (nSPS) is 16.1. The van der Waals surface area contributed by atoms with E-state index in [2.05, 4.69) is 11.1 Å². The molecule has 0 saturated carbocycles. The number of nitrogens with zero attached hydrogens (tertiary/aromatic N) is 1. The number of nitrogens with one attached hydrogen (secondary N) is 1. The Morgan fingerprint density at radius 2 is 2.00 bits per heavy atom. The zero-order valence-electron chi connectivity index (χ0n) is 13.9. The number of nitrogens with two attached hydrogens (primary N) is 1. The Balaban J connectivity index is 2.01. The van der Waals surface area contributed by atoms with E-state index in [0.717, 1.165) is 16.5 Å². The van der Waals surface area contributed by atoms with E-state index in [1.807, 2.05) is 25.1 Å². The minimum atomic E-state index is -0.668. The number of aromatic hydroxyl groups is 1. The van der Waals surface area contributed by atoms with E-state index in [9.17, 15) is 15.2 Å². The van der Waals surface area contributed by atoms with Crippen molar-refractivity contribution in [2.75, 3.05) is 0 Å². The summed E-state index contributed by atoms with van der Waals surface area (Å²) >= 11 is 0. The molecule has 6 heteroatoms. The summed E-state index contributed by atoms with van der Waals surface area (Å²) in [6.45, 7) is 1.95. The second-order valence-electron chi connectivity index (χ2n) is 6.29. The summed E-state index contributed by atoms with van der Waals surface area (Å²) in [5, 5.41) is 20.1. The van der Waals surface area contributed by atoms with E-state index in [4.69, 9.17) is 10.5 Å². The molecule has 3 aromatic rings. The van der Waals surface area contributed by atoms with Crippen molar-refractivity contribution in [3.05, 3.63) is 81.0 Å². The maximum Gasteiger partial charge on any atom is 0.252 e. The Hall–Kier alpha value is -3.72. The number of ether oxygens (including phenoxy) is 1. The van der Waals surface area contributed by atoms with Crippen LogP contribution in [0, 0.1) is 18.3 Å². The molecule has 128 valence electrons. The quantitative estimate of drug-likeness (QED) is 0.628. The summed E-state index contributed by atoms with van der Waals surface area (Å²) < 4.78 is 5.47. The first-order valence-electron chi connectivity index (χ1n) is 8.02. The molecule has 0 radical (unpaired) electrons. The predicted octanol–water partition coefficient (Wildman–Crippen LogP) is 2.76. The molecule has 1 aliphatic heterocycles. The molecule has 26 heavy (non-hydrogen) atoms. The third kappa shape index (κ3) is 2.38. The van der Waals surface area contributed by atoms with Gasteiger partial charge in [0.15, 0.2) is 0 Å². The molecule has 1 aromatic heterocycles. The number of pyridine rings is 1. The second kappa shape index (κ2) is 5.67. The van der Waals surface area contributed by atoms with E-state index in [0.29, 0.717) is 16.9 Å². The van der Waals surface area contributed by atoms with Crippen molar-refractivity contribution >= 4 is 10.9 Å². The van der Waals surface area contributed by atoms with Crippen molar-refractivity contribution in [2.45, 2.75) is 12.8 Å². The number of phenols is 1. The first kappa shape index (κ1) is 15.8. The van der Waals surface area contributed by atoms with Crippen molar-refractivity contribution in [3.63, 3.8) is 0 Å². The molecule has 1 unspecified atom stereocenters. The van der Waals surface area contributed by atoms with Crippen LogP contribution in [0.5, 0.6) is 11.5 Å². The summed E-state index contributed by atoms with van der Waals surface area (Å²) in [5.74, 6) is -0.397. The van der Waals surface area contributed by atoms with Crippen LogP contribution in [-0.2, 0) is 0 Å². The van der Waals surface area contributed by atoms with Gasteiger partial charge in [0.2, 0.25) is 5.88 Å². The van der Waals surface area contributed by atoms with Crippen LogP contribution in [0.25, 0.3) is 10.9 Å².